The van der Waals surface area contributed by atoms with Crippen molar-refractivity contribution in [3.8, 4) is 11.8 Å². The Morgan fingerprint density at radius 3 is 2.64 bits per heavy atom. The number of benzene rings is 2. The summed E-state index contributed by atoms with van der Waals surface area (Å²) in [4.78, 5) is 4.11. The van der Waals surface area contributed by atoms with E-state index in [9.17, 15) is 0 Å². The minimum atomic E-state index is 0.0249. The Morgan fingerprint density at radius 2 is 1.92 bits per heavy atom. The molecule has 0 aliphatic carbocycles. The van der Waals surface area contributed by atoms with Gasteiger partial charge in [0, 0.05) is 22.9 Å². The molecule has 6 heteroatoms. The Morgan fingerprint density at radius 1 is 1.12 bits per heavy atom. The van der Waals surface area contributed by atoms with Gasteiger partial charge in [0.2, 0.25) is 0 Å². The predicted octanol–water partition coefficient (Wildman–Crippen LogP) is 3.44. The number of hydrogen-bond donors (Lipinski definition) is 3. The lowest BCUT2D eigenvalue weighted by molar-refractivity contribution is 1.13. The molecule has 122 valence electrons. The Bertz CT molecular complexity index is 926. The van der Waals surface area contributed by atoms with Gasteiger partial charge >= 0.3 is 0 Å². The van der Waals surface area contributed by atoms with Crippen molar-refractivity contribution in [1.82, 2.24) is 0 Å². The van der Waals surface area contributed by atoms with E-state index >= 15 is 0 Å². The number of para-hydroxylation sites is 1. The van der Waals surface area contributed by atoms with Crippen molar-refractivity contribution in [2.45, 2.75) is 0 Å². The van der Waals surface area contributed by atoms with E-state index < -0.39 is 0 Å². The molecule has 0 saturated heterocycles. The molecule has 1 aliphatic heterocycles. The van der Waals surface area contributed by atoms with E-state index in [1.807, 2.05) is 30.3 Å². The second kappa shape index (κ2) is 7.70. The van der Waals surface area contributed by atoms with Gasteiger partial charge in [-0.25, -0.2) is 0 Å². The molecule has 6 nitrogen and oxygen atoms in total. The second-order valence-electron chi connectivity index (χ2n) is 5.25. The molecule has 0 amide bonds. The summed E-state index contributed by atoms with van der Waals surface area (Å²) in [6.07, 6.45) is 3.67. The quantitative estimate of drug-likeness (QED) is 0.263. The first-order valence-electron chi connectivity index (χ1n) is 7.63. The van der Waals surface area contributed by atoms with Crippen molar-refractivity contribution >= 4 is 23.4 Å². The summed E-state index contributed by atoms with van der Waals surface area (Å²) in [5.74, 6) is 6.25. The van der Waals surface area contributed by atoms with Crippen LogP contribution in [-0.4, -0.2) is 18.6 Å². The summed E-state index contributed by atoms with van der Waals surface area (Å²) in [7, 11) is 0. The Kier molecular flexibility index (Phi) is 4.98. The molecule has 25 heavy (non-hydrogen) atoms. The predicted molar refractivity (Wildman–Crippen MR) is 100 cm³/mol. The molecular formula is C19H16N6. The van der Waals surface area contributed by atoms with Gasteiger partial charge < -0.3 is 5.73 Å². The van der Waals surface area contributed by atoms with Crippen LogP contribution in [0.3, 0.4) is 0 Å². The fraction of sp³-hybridized carbons (Fsp3) is 0.0526. The molecule has 3 rings (SSSR count). The van der Waals surface area contributed by atoms with Crippen LogP contribution in [0.4, 0.5) is 11.4 Å². The van der Waals surface area contributed by atoms with Crippen LogP contribution in [0, 0.1) is 17.3 Å². The molecule has 0 aromatic heterocycles. The molecule has 2 aromatic carbocycles. The first kappa shape index (κ1) is 16.1. The van der Waals surface area contributed by atoms with E-state index in [0.717, 1.165) is 16.8 Å². The van der Waals surface area contributed by atoms with Crippen molar-refractivity contribution in [1.29, 1.82) is 5.41 Å². The molecule has 2 aromatic rings. The molecular weight excluding hydrogens is 312 g/mol. The number of nitrogen functional groups attached to an aromatic ring is 1. The van der Waals surface area contributed by atoms with Crippen molar-refractivity contribution in [2.24, 2.45) is 21.1 Å². The van der Waals surface area contributed by atoms with E-state index in [4.69, 9.17) is 11.1 Å². The summed E-state index contributed by atoms with van der Waals surface area (Å²) in [6, 6.07) is 14.6. The van der Waals surface area contributed by atoms with Crippen LogP contribution in [-0.2, 0) is 0 Å². The average Bonchev–Trinajstić information content (AvgIpc) is 3.15. The number of hydrogen-bond acceptors (Lipinski definition) is 4. The lowest BCUT2D eigenvalue weighted by Gasteiger charge is -2.02. The normalized spacial score (nSPS) is 12.6. The van der Waals surface area contributed by atoms with E-state index in [1.165, 1.54) is 0 Å². The molecule has 0 bridgehead atoms. The Labute approximate surface area is 145 Å². The molecule has 0 radical (unpaired) electrons. The number of aliphatic imine (C=N–C) groups is 1. The summed E-state index contributed by atoms with van der Waals surface area (Å²) in [5.41, 5.74) is 12.2. The highest BCUT2D eigenvalue weighted by Gasteiger charge is 1.99. The fourth-order valence-electron chi connectivity index (χ4n) is 2.11. The fourth-order valence-corrected chi connectivity index (χ4v) is 2.11. The topological polar surface area (TPSA) is 99.0 Å². The highest BCUT2D eigenvalue weighted by Crippen LogP contribution is 2.17. The van der Waals surface area contributed by atoms with Crippen LogP contribution in [0.5, 0.6) is 0 Å². The Balaban J connectivity index is 1.69. The zero-order valence-corrected chi connectivity index (χ0v) is 13.4. The highest BCUT2D eigenvalue weighted by molar-refractivity contribution is 5.95. The van der Waals surface area contributed by atoms with Gasteiger partial charge in [0.25, 0.3) is 0 Å². The van der Waals surface area contributed by atoms with Crippen LogP contribution in [0.15, 0.2) is 75.5 Å². The minimum absolute atomic E-state index is 0.0249. The molecule has 4 N–H and O–H groups in total. The van der Waals surface area contributed by atoms with Crippen molar-refractivity contribution in [2.75, 3.05) is 12.0 Å². The van der Waals surface area contributed by atoms with Gasteiger partial charge in [-0.2, -0.15) is 0 Å². The summed E-state index contributed by atoms with van der Waals surface area (Å²) < 4.78 is 0. The van der Waals surface area contributed by atoms with Gasteiger partial charge in [-0.1, -0.05) is 29.2 Å². The third kappa shape index (κ3) is 4.39. The molecule has 1 aliphatic rings. The maximum Gasteiger partial charge on any atom is 0.122 e. The first-order valence-corrected chi connectivity index (χ1v) is 7.63. The highest BCUT2D eigenvalue weighted by atomic mass is 15.4. The van der Waals surface area contributed by atoms with E-state index in [1.54, 1.807) is 30.5 Å². The van der Waals surface area contributed by atoms with E-state index in [0.29, 0.717) is 17.8 Å². The number of nitrogens with one attached hydrogen (secondary N) is 2. The number of nitrogens with zero attached hydrogens (tertiary/aromatic N) is 3. The largest absolute Gasteiger partial charge is 0.384 e. The molecule has 0 saturated carbocycles. The number of anilines is 1. The molecule has 1 heterocycles. The van der Waals surface area contributed by atoms with Crippen molar-refractivity contribution in [3.63, 3.8) is 0 Å². The van der Waals surface area contributed by atoms with Gasteiger partial charge in [0.15, 0.2) is 0 Å². The monoisotopic (exact) mass is 328 g/mol. The lowest BCUT2D eigenvalue weighted by Crippen LogP contribution is -2.10. The molecule has 0 unspecified atom stereocenters. The van der Waals surface area contributed by atoms with Crippen LogP contribution in [0.25, 0.3) is 0 Å². The van der Waals surface area contributed by atoms with E-state index in [-0.39, 0.29) is 5.84 Å². The smallest absolute Gasteiger partial charge is 0.122 e. The van der Waals surface area contributed by atoms with Gasteiger partial charge in [-0.3, -0.25) is 15.8 Å². The van der Waals surface area contributed by atoms with Gasteiger partial charge in [-0.05, 0) is 42.5 Å². The van der Waals surface area contributed by atoms with Crippen LogP contribution in [0.2, 0.25) is 0 Å². The van der Waals surface area contributed by atoms with E-state index in [2.05, 4.69) is 32.6 Å². The number of rotatable bonds is 4. The van der Waals surface area contributed by atoms with Crippen LogP contribution >= 0.6 is 0 Å². The van der Waals surface area contributed by atoms with Crippen LogP contribution in [0.1, 0.15) is 11.1 Å². The standard InChI is InChI=1S/C19H16N6/c20-19(21)16-7-9-17(10-8-16)23-25-24-18-4-2-1-3-15(18)6-5-14-11-12-22-13-14/h1-4,7-12H,13H2,(H3,20,21)(H,23,24). The first-order chi connectivity index (χ1) is 12.2. The molecule has 0 fully saturated rings. The number of allylic oxidation sites excluding steroid dienone is 1. The third-order valence-corrected chi connectivity index (χ3v) is 3.44. The minimum Gasteiger partial charge on any atom is -0.384 e. The second-order valence-corrected chi connectivity index (χ2v) is 5.25. The zero-order chi connectivity index (χ0) is 17.5. The molecule has 0 spiro atoms. The Hall–Kier alpha value is -3.72. The lowest BCUT2D eigenvalue weighted by atomic mass is 10.1. The summed E-state index contributed by atoms with van der Waals surface area (Å²) in [5, 5.41) is 15.5. The van der Waals surface area contributed by atoms with Crippen molar-refractivity contribution in [3.05, 3.63) is 71.3 Å². The molecule has 0 atom stereocenters. The summed E-state index contributed by atoms with van der Waals surface area (Å²) in [6.45, 7) is 0.637. The third-order valence-electron chi connectivity index (χ3n) is 3.44. The van der Waals surface area contributed by atoms with Gasteiger partial charge in [-0.15, -0.1) is 5.11 Å². The SMILES string of the molecule is N=C(N)c1ccc(/N=N/Nc2ccccc2C#CC2=CC=NC2)cc1. The van der Waals surface area contributed by atoms with Gasteiger partial charge in [0.05, 0.1) is 17.9 Å². The van der Waals surface area contributed by atoms with Gasteiger partial charge in [0.1, 0.15) is 5.84 Å². The number of nitrogens with two attached hydrogens (primary N) is 1. The summed E-state index contributed by atoms with van der Waals surface area (Å²) >= 11 is 0. The number of amidine groups is 1. The maximum absolute atomic E-state index is 7.37. The zero-order valence-electron chi connectivity index (χ0n) is 13.4. The maximum atomic E-state index is 7.37. The average molecular weight is 328 g/mol. The van der Waals surface area contributed by atoms with Crippen molar-refractivity contribution < 1.29 is 0 Å². The van der Waals surface area contributed by atoms with Crippen LogP contribution < -0.4 is 11.2 Å².